The topological polar surface area (TPSA) is 75.7 Å². The van der Waals surface area contributed by atoms with E-state index in [1.54, 1.807) is 12.1 Å². The molecule has 24 heavy (non-hydrogen) atoms. The molecular weight excluding hydrogens is 352 g/mol. The van der Waals surface area contributed by atoms with E-state index in [0.717, 1.165) is 10.0 Å². The van der Waals surface area contributed by atoms with Crippen molar-refractivity contribution < 1.29 is 18.0 Å². The number of hydroxylamine groups is 1. The maximum absolute atomic E-state index is 12.4. The van der Waals surface area contributed by atoms with Gasteiger partial charge in [-0.3, -0.25) is 9.63 Å². The van der Waals surface area contributed by atoms with Crippen LogP contribution in [-0.4, -0.2) is 33.0 Å². The molecule has 1 N–H and O–H groups in total. The number of carbonyl (C=O) groups is 1. The van der Waals surface area contributed by atoms with E-state index in [-0.39, 0.29) is 10.5 Å². The fourth-order valence-corrected chi connectivity index (χ4v) is 3.26. The molecule has 0 aromatic heterocycles. The highest BCUT2D eigenvalue weighted by Crippen LogP contribution is 2.24. The van der Waals surface area contributed by atoms with Crippen molar-refractivity contribution in [2.24, 2.45) is 0 Å². The third-order valence-corrected chi connectivity index (χ3v) is 5.35. The molecule has 0 unspecified atom stereocenters. The second kappa shape index (κ2) is 7.31. The van der Waals surface area contributed by atoms with Crippen molar-refractivity contribution in [1.29, 1.82) is 0 Å². The number of halogens is 1. The summed E-state index contributed by atoms with van der Waals surface area (Å²) in [4.78, 5) is 17.0. The summed E-state index contributed by atoms with van der Waals surface area (Å²) < 4.78 is 25.2. The molecule has 0 aliphatic rings. The fourth-order valence-electron chi connectivity index (χ4n) is 1.96. The number of benzene rings is 2. The number of anilines is 1. The first-order chi connectivity index (χ1) is 11.3. The van der Waals surface area contributed by atoms with Gasteiger partial charge in [-0.25, -0.2) is 8.42 Å². The SMILES string of the molecule is CON(C)S(=O)(=O)c1cccc(C(=O)Nc2ccc(C)cc2Cl)c1. The molecule has 0 spiro atoms. The lowest BCUT2D eigenvalue weighted by molar-refractivity contribution is -0.0258. The second-order valence-corrected chi connectivity index (χ2v) is 7.41. The van der Waals surface area contributed by atoms with Gasteiger partial charge in [-0.2, -0.15) is 0 Å². The van der Waals surface area contributed by atoms with Crippen molar-refractivity contribution in [3.63, 3.8) is 0 Å². The number of aryl methyl sites for hydroxylation is 1. The zero-order valence-corrected chi connectivity index (χ0v) is 15.0. The standard InChI is InChI=1S/C16H17ClN2O4S/c1-11-7-8-15(14(17)9-11)18-16(20)12-5-4-6-13(10-12)24(21,22)19(2)23-3/h4-10H,1-3H3,(H,18,20). The molecule has 0 radical (unpaired) electrons. The molecule has 6 nitrogen and oxygen atoms in total. The van der Waals surface area contributed by atoms with Gasteiger partial charge in [0.1, 0.15) is 0 Å². The van der Waals surface area contributed by atoms with Crippen LogP contribution in [0, 0.1) is 6.92 Å². The lowest BCUT2D eigenvalue weighted by atomic mass is 10.2. The summed E-state index contributed by atoms with van der Waals surface area (Å²) in [7, 11) is -1.31. The summed E-state index contributed by atoms with van der Waals surface area (Å²) in [5.41, 5.74) is 1.61. The predicted octanol–water partition coefficient (Wildman–Crippen LogP) is 3.08. The Morgan fingerprint density at radius 3 is 2.54 bits per heavy atom. The van der Waals surface area contributed by atoms with E-state index in [0.29, 0.717) is 10.7 Å². The predicted molar refractivity (Wildman–Crippen MR) is 92.5 cm³/mol. The van der Waals surface area contributed by atoms with E-state index < -0.39 is 15.9 Å². The molecule has 0 saturated carbocycles. The van der Waals surface area contributed by atoms with Gasteiger partial charge in [-0.15, -0.1) is 0 Å². The first-order valence-electron chi connectivity index (χ1n) is 6.96. The van der Waals surface area contributed by atoms with Crippen LogP contribution in [0.25, 0.3) is 0 Å². The van der Waals surface area contributed by atoms with Crippen molar-refractivity contribution >= 4 is 33.2 Å². The van der Waals surface area contributed by atoms with Gasteiger partial charge >= 0.3 is 0 Å². The second-order valence-electron chi connectivity index (χ2n) is 5.06. The van der Waals surface area contributed by atoms with Crippen molar-refractivity contribution in [1.82, 2.24) is 4.47 Å². The normalized spacial score (nSPS) is 11.5. The van der Waals surface area contributed by atoms with Gasteiger partial charge in [0.15, 0.2) is 0 Å². The minimum absolute atomic E-state index is 0.0468. The summed E-state index contributed by atoms with van der Waals surface area (Å²) in [6.07, 6.45) is 0. The average Bonchev–Trinajstić information content (AvgIpc) is 2.56. The minimum Gasteiger partial charge on any atom is -0.321 e. The van der Waals surface area contributed by atoms with Gasteiger partial charge in [-0.1, -0.05) is 28.2 Å². The van der Waals surface area contributed by atoms with Gasteiger partial charge in [0.2, 0.25) is 0 Å². The monoisotopic (exact) mass is 368 g/mol. The third kappa shape index (κ3) is 3.93. The van der Waals surface area contributed by atoms with Gasteiger partial charge < -0.3 is 5.32 Å². The number of nitrogens with one attached hydrogen (secondary N) is 1. The molecule has 2 rings (SSSR count). The van der Waals surface area contributed by atoms with Gasteiger partial charge in [-0.05, 0) is 42.8 Å². The Kier molecular flexibility index (Phi) is 5.61. The zero-order valence-electron chi connectivity index (χ0n) is 13.4. The van der Waals surface area contributed by atoms with Crippen LogP contribution in [0.5, 0.6) is 0 Å². The summed E-state index contributed by atoms with van der Waals surface area (Å²) >= 11 is 6.09. The number of hydrogen-bond donors (Lipinski definition) is 1. The van der Waals surface area contributed by atoms with Crippen molar-refractivity contribution in [2.45, 2.75) is 11.8 Å². The summed E-state index contributed by atoms with van der Waals surface area (Å²) in [5, 5.41) is 3.07. The largest absolute Gasteiger partial charge is 0.321 e. The summed E-state index contributed by atoms with van der Waals surface area (Å²) in [6, 6.07) is 10.9. The van der Waals surface area contributed by atoms with E-state index in [9.17, 15) is 13.2 Å². The van der Waals surface area contributed by atoms with Crippen LogP contribution in [0.4, 0.5) is 5.69 Å². The highest BCUT2D eigenvalue weighted by molar-refractivity contribution is 7.89. The Morgan fingerprint density at radius 2 is 1.92 bits per heavy atom. The van der Waals surface area contributed by atoms with Crippen LogP contribution < -0.4 is 5.32 Å². The molecule has 0 aliphatic heterocycles. The molecule has 8 heteroatoms. The van der Waals surface area contributed by atoms with Gasteiger partial charge in [0.05, 0.1) is 22.7 Å². The van der Waals surface area contributed by atoms with Crippen LogP contribution in [0.3, 0.4) is 0 Å². The minimum atomic E-state index is -3.83. The zero-order chi connectivity index (χ0) is 17.9. The van der Waals surface area contributed by atoms with Gasteiger partial charge in [0, 0.05) is 12.6 Å². The van der Waals surface area contributed by atoms with E-state index in [2.05, 4.69) is 5.32 Å². The number of nitrogens with zero attached hydrogens (tertiary/aromatic N) is 1. The molecule has 1 amide bonds. The van der Waals surface area contributed by atoms with Crippen molar-refractivity contribution in [3.05, 3.63) is 58.6 Å². The Morgan fingerprint density at radius 1 is 1.21 bits per heavy atom. The van der Waals surface area contributed by atoms with E-state index in [4.69, 9.17) is 16.4 Å². The number of amides is 1. The highest BCUT2D eigenvalue weighted by Gasteiger charge is 2.22. The fraction of sp³-hybridized carbons (Fsp3) is 0.188. The molecule has 0 aliphatic carbocycles. The van der Waals surface area contributed by atoms with E-state index in [1.807, 2.05) is 13.0 Å². The van der Waals surface area contributed by atoms with Crippen LogP contribution in [0.2, 0.25) is 5.02 Å². The maximum Gasteiger partial charge on any atom is 0.264 e. The number of rotatable bonds is 5. The van der Waals surface area contributed by atoms with E-state index in [1.165, 1.54) is 38.4 Å². The Hall–Kier alpha value is -1.93. The van der Waals surface area contributed by atoms with Crippen molar-refractivity contribution in [3.8, 4) is 0 Å². The molecule has 2 aromatic rings. The lowest BCUT2D eigenvalue weighted by Gasteiger charge is -2.14. The Balaban J connectivity index is 2.30. The van der Waals surface area contributed by atoms with Crippen LogP contribution >= 0.6 is 11.6 Å². The third-order valence-electron chi connectivity index (χ3n) is 3.36. The smallest absolute Gasteiger partial charge is 0.264 e. The van der Waals surface area contributed by atoms with Crippen LogP contribution in [-0.2, 0) is 14.9 Å². The quantitative estimate of drug-likeness (QED) is 0.823. The number of sulfonamides is 1. The summed E-state index contributed by atoms with van der Waals surface area (Å²) in [6.45, 7) is 1.89. The molecule has 0 fully saturated rings. The number of hydrogen-bond acceptors (Lipinski definition) is 4. The van der Waals surface area contributed by atoms with Crippen LogP contribution in [0.15, 0.2) is 47.4 Å². The van der Waals surface area contributed by atoms with E-state index >= 15 is 0 Å². The molecule has 0 heterocycles. The molecule has 0 saturated heterocycles. The maximum atomic E-state index is 12.4. The Bertz CT molecular complexity index is 868. The lowest BCUT2D eigenvalue weighted by Crippen LogP contribution is -2.26. The molecule has 0 bridgehead atoms. The molecule has 2 aromatic carbocycles. The summed E-state index contributed by atoms with van der Waals surface area (Å²) in [5.74, 6) is -0.460. The van der Waals surface area contributed by atoms with Crippen LogP contribution in [0.1, 0.15) is 15.9 Å². The first kappa shape index (κ1) is 18.4. The molecule has 0 atom stereocenters. The van der Waals surface area contributed by atoms with Crippen molar-refractivity contribution in [2.75, 3.05) is 19.5 Å². The molecular formula is C16H17ClN2O4S. The number of carbonyl (C=O) groups excluding carboxylic acids is 1. The first-order valence-corrected chi connectivity index (χ1v) is 8.78. The molecule has 128 valence electrons. The average molecular weight is 369 g/mol. The Labute approximate surface area is 146 Å². The van der Waals surface area contributed by atoms with Gasteiger partial charge in [0.25, 0.3) is 15.9 Å². The highest BCUT2D eigenvalue weighted by atomic mass is 35.5.